The molecule has 1 heterocycles. The Bertz CT molecular complexity index is 1530. The van der Waals surface area contributed by atoms with E-state index in [0.717, 1.165) is 18.4 Å². The lowest BCUT2D eigenvalue weighted by atomic mass is 9.64. The van der Waals surface area contributed by atoms with E-state index in [2.05, 4.69) is 32.9 Å². The van der Waals surface area contributed by atoms with E-state index in [1.807, 2.05) is 83.8 Å². The summed E-state index contributed by atoms with van der Waals surface area (Å²) in [6.45, 7) is 10.2. The van der Waals surface area contributed by atoms with E-state index >= 15 is 0 Å². The molecule has 0 aromatic heterocycles. The number of ether oxygens (including phenoxy) is 3. The Morgan fingerprint density at radius 2 is 1.30 bits per heavy atom. The first-order chi connectivity index (χ1) is 22.2. The van der Waals surface area contributed by atoms with Crippen LogP contribution in [0, 0.1) is 11.8 Å². The smallest absolute Gasteiger partial charge is 0.337 e. The van der Waals surface area contributed by atoms with Gasteiger partial charge in [-0.3, -0.25) is 0 Å². The SMILES string of the molecule is CCOC(=O)C1=C(C(=O)OCC)C(c2ccccc2)N(c2ccccc2)C1C(=O)O[C@@H]1C[C@H](C)CC[C@H]1C(C)(C)c1ccccc1. The van der Waals surface area contributed by atoms with Crippen LogP contribution in [0.4, 0.5) is 5.69 Å². The molecule has 0 N–H and O–H groups in total. The number of benzene rings is 3. The van der Waals surface area contributed by atoms with Crippen LogP contribution < -0.4 is 4.90 Å². The van der Waals surface area contributed by atoms with E-state index in [1.165, 1.54) is 5.56 Å². The normalized spacial score (nSPS) is 23.2. The quantitative estimate of drug-likeness (QED) is 0.172. The monoisotopic (exact) mass is 623 g/mol. The molecule has 2 aliphatic rings. The number of nitrogens with zero attached hydrogens (tertiary/aromatic N) is 1. The van der Waals surface area contributed by atoms with Crippen LogP contribution in [0.1, 0.15) is 71.0 Å². The first-order valence-corrected chi connectivity index (χ1v) is 16.4. The Balaban J connectivity index is 1.64. The van der Waals surface area contributed by atoms with Gasteiger partial charge in [0.2, 0.25) is 0 Å². The van der Waals surface area contributed by atoms with Crippen molar-refractivity contribution >= 4 is 23.6 Å². The van der Waals surface area contributed by atoms with Gasteiger partial charge in [0, 0.05) is 11.6 Å². The van der Waals surface area contributed by atoms with Crippen LogP contribution in [0.15, 0.2) is 102 Å². The van der Waals surface area contributed by atoms with E-state index in [4.69, 9.17) is 14.2 Å². The Kier molecular flexibility index (Phi) is 10.3. The summed E-state index contributed by atoms with van der Waals surface area (Å²) in [5, 5.41) is 0. The summed E-state index contributed by atoms with van der Waals surface area (Å²) in [6, 6.07) is 27.1. The second kappa shape index (κ2) is 14.4. The molecular weight excluding hydrogens is 578 g/mol. The minimum Gasteiger partial charge on any atom is -0.463 e. The third-order valence-corrected chi connectivity index (χ3v) is 9.54. The van der Waals surface area contributed by atoms with Crippen molar-refractivity contribution in [2.75, 3.05) is 18.1 Å². The fraction of sp³-hybridized carbons (Fsp3) is 0.410. The molecule has 242 valence electrons. The number of rotatable bonds is 10. The highest BCUT2D eigenvalue weighted by atomic mass is 16.6. The second-order valence-electron chi connectivity index (χ2n) is 12.8. The van der Waals surface area contributed by atoms with Crippen molar-refractivity contribution in [1.82, 2.24) is 0 Å². The molecule has 1 aliphatic heterocycles. The number of para-hydroxylation sites is 1. The van der Waals surface area contributed by atoms with Gasteiger partial charge in [-0.2, -0.15) is 0 Å². The van der Waals surface area contributed by atoms with Crippen molar-refractivity contribution in [2.24, 2.45) is 11.8 Å². The van der Waals surface area contributed by atoms with Gasteiger partial charge in [-0.1, -0.05) is 106 Å². The Morgan fingerprint density at radius 3 is 1.89 bits per heavy atom. The van der Waals surface area contributed by atoms with Crippen LogP contribution in [0.25, 0.3) is 0 Å². The molecule has 2 unspecified atom stereocenters. The van der Waals surface area contributed by atoms with Crippen molar-refractivity contribution in [2.45, 2.75) is 77.5 Å². The van der Waals surface area contributed by atoms with E-state index in [9.17, 15) is 14.4 Å². The van der Waals surface area contributed by atoms with Gasteiger partial charge in [0.25, 0.3) is 0 Å². The molecule has 7 nitrogen and oxygen atoms in total. The average Bonchev–Trinajstić information content (AvgIpc) is 3.43. The second-order valence-corrected chi connectivity index (χ2v) is 12.8. The Labute approximate surface area is 272 Å². The summed E-state index contributed by atoms with van der Waals surface area (Å²) < 4.78 is 17.6. The number of carbonyl (C=O) groups excluding carboxylic acids is 3. The first kappa shape index (κ1) is 33.0. The van der Waals surface area contributed by atoms with Crippen LogP contribution in [0.2, 0.25) is 0 Å². The molecule has 3 aromatic carbocycles. The first-order valence-electron chi connectivity index (χ1n) is 16.4. The Morgan fingerprint density at radius 1 is 0.761 bits per heavy atom. The lowest BCUT2D eigenvalue weighted by Gasteiger charge is -2.44. The van der Waals surface area contributed by atoms with Crippen LogP contribution in [-0.4, -0.2) is 43.3 Å². The molecule has 7 heteroatoms. The van der Waals surface area contributed by atoms with Crippen LogP contribution in [0.5, 0.6) is 0 Å². The lowest BCUT2D eigenvalue weighted by molar-refractivity contribution is -0.158. The molecule has 1 aliphatic carbocycles. The zero-order chi connectivity index (χ0) is 32.8. The van der Waals surface area contributed by atoms with Gasteiger partial charge in [-0.15, -0.1) is 0 Å². The minimum absolute atomic E-state index is 0.0364. The van der Waals surface area contributed by atoms with E-state index in [1.54, 1.807) is 13.8 Å². The number of anilines is 1. The maximum absolute atomic E-state index is 14.8. The Hall–Kier alpha value is -4.39. The summed E-state index contributed by atoms with van der Waals surface area (Å²) in [7, 11) is 0. The topological polar surface area (TPSA) is 82.1 Å². The number of esters is 3. The highest BCUT2D eigenvalue weighted by Gasteiger charge is 2.53. The molecular formula is C39H45NO6. The molecule has 0 amide bonds. The predicted octanol–water partition coefficient (Wildman–Crippen LogP) is 7.37. The summed E-state index contributed by atoms with van der Waals surface area (Å²) in [5.74, 6) is -1.57. The fourth-order valence-corrected chi connectivity index (χ4v) is 7.25. The van der Waals surface area contributed by atoms with Crippen molar-refractivity contribution in [3.8, 4) is 0 Å². The molecule has 1 fully saturated rings. The molecule has 0 spiro atoms. The summed E-state index contributed by atoms with van der Waals surface area (Å²) >= 11 is 0. The van der Waals surface area contributed by atoms with Crippen molar-refractivity contribution in [3.63, 3.8) is 0 Å². The molecule has 0 radical (unpaired) electrons. The molecule has 3 aromatic rings. The predicted molar refractivity (Wildman–Crippen MR) is 178 cm³/mol. The van der Waals surface area contributed by atoms with E-state index < -0.39 is 36.1 Å². The highest BCUT2D eigenvalue weighted by Crippen LogP contribution is 2.47. The summed E-state index contributed by atoms with van der Waals surface area (Å²) in [6.07, 6.45) is 2.24. The van der Waals surface area contributed by atoms with Gasteiger partial charge in [0.15, 0.2) is 6.04 Å². The van der Waals surface area contributed by atoms with Gasteiger partial charge in [0.1, 0.15) is 6.10 Å². The maximum atomic E-state index is 14.8. The van der Waals surface area contributed by atoms with Crippen molar-refractivity contribution in [3.05, 3.63) is 113 Å². The standard InChI is InChI=1S/C39H45NO6/c1-6-44-36(41)32-33(37(42)45-7-2)35(40(29-21-15-10-16-22-29)34(32)27-17-11-8-12-18-27)38(43)46-31-25-26(3)23-24-30(31)39(4,5)28-19-13-9-14-20-28/h8-22,26,30-31,34-35H,6-7,23-25H2,1-5H3/t26-,30-,31-,34?,35?/m1/s1. The largest absolute Gasteiger partial charge is 0.463 e. The van der Waals surface area contributed by atoms with Gasteiger partial charge in [-0.05, 0) is 61.3 Å². The molecule has 5 atom stereocenters. The minimum atomic E-state index is -1.23. The number of hydrogen-bond acceptors (Lipinski definition) is 7. The van der Waals surface area contributed by atoms with Gasteiger partial charge >= 0.3 is 17.9 Å². The molecule has 0 saturated heterocycles. The molecule has 1 saturated carbocycles. The number of carbonyl (C=O) groups is 3. The van der Waals surface area contributed by atoms with Crippen LogP contribution in [-0.2, 0) is 34.0 Å². The lowest BCUT2D eigenvalue weighted by Crippen LogP contribution is -2.48. The average molecular weight is 624 g/mol. The molecule has 46 heavy (non-hydrogen) atoms. The van der Waals surface area contributed by atoms with Crippen LogP contribution >= 0.6 is 0 Å². The molecule has 5 rings (SSSR count). The molecule has 0 bridgehead atoms. The highest BCUT2D eigenvalue weighted by molar-refractivity contribution is 6.10. The summed E-state index contributed by atoms with van der Waals surface area (Å²) in [4.78, 5) is 44.3. The third-order valence-electron chi connectivity index (χ3n) is 9.54. The van der Waals surface area contributed by atoms with Gasteiger partial charge in [-0.25, -0.2) is 14.4 Å². The summed E-state index contributed by atoms with van der Waals surface area (Å²) in [5.41, 5.74) is 2.37. The van der Waals surface area contributed by atoms with Gasteiger partial charge in [0.05, 0.1) is 30.4 Å². The van der Waals surface area contributed by atoms with Crippen molar-refractivity contribution in [1.29, 1.82) is 0 Å². The fourth-order valence-electron chi connectivity index (χ4n) is 7.25. The van der Waals surface area contributed by atoms with E-state index in [-0.39, 0.29) is 35.7 Å². The van der Waals surface area contributed by atoms with Crippen LogP contribution in [0.3, 0.4) is 0 Å². The number of hydrogen-bond donors (Lipinski definition) is 0. The van der Waals surface area contributed by atoms with Crippen molar-refractivity contribution < 1.29 is 28.6 Å². The zero-order valence-corrected chi connectivity index (χ0v) is 27.5. The maximum Gasteiger partial charge on any atom is 0.337 e. The van der Waals surface area contributed by atoms with E-state index in [0.29, 0.717) is 18.0 Å². The van der Waals surface area contributed by atoms with Gasteiger partial charge < -0.3 is 19.1 Å². The third kappa shape index (κ3) is 6.60. The zero-order valence-electron chi connectivity index (χ0n) is 27.5.